The first kappa shape index (κ1) is 20.6. The van der Waals surface area contributed by atoms with Crippen LogP contribution in [0, 0.1) is 0 Å². The molecule has 32 heavy (non-hydrogen) atoms. The Hall–Kier alpha value is -3.29. The van der Waals surface area contributed by atoms with Gasteiger partial charge in [0.2, 0.25) is 0 Å². The Bertz CT molecular complexity index is 1230. The predicted molar refractivity (Wildman–Crippen MR) is 118 cm³/mol. The van der Waals surface area contributed by atoms with Crippen LogP contribution in [0.1, 0.15) is 49.1 Å². The number of hydrogen-bond acceptors (Lipinski definition) is 6. The van der Waals surface area contributed by atoms with Gasteiger partial charge in [0.1, 0.15) is 22.7 Å². The zero-order chi connectivity index (χ0) is 22.3. The van der Waals surface area contributed by atoms with E-state index < -0.39 is 0 Å². The standard InChI is InChI=1S/C24H27N3O5/c1-24(2)8-6-17-18(32-24)10-19(21-15-4-3-5-16(15)23(29)31-22(17)21)30-12-20(28)26-9-7-14-11-25-13-27-14/h10-11,13H,3-9,12H2,1-2H3,(H,25,27)(H,26,28). The number of nitrogens with zero attached hydrogens (tertiary/aromatic N) is 1. The molecule has 0 saturated carbocycles. The number of hydrogen-bond donors (Lipinski definition) is 2. The maximum Gasteiger partial charge on any atom is 0.339 e. The van der Waals surface area contributed by atoms with Crippen molar-refractivity contribution in [2.75, 3.05) is 13.2 Å². The highest BCUT2D eigenvalue weighted by atomic mass is 16.5. The summed E-state index contributed by atoms with van der Waals surface area (Å²) in [5, 5.41) is 3.67. The van der Waals surface area contributed by atoms with Crippen molar-refractivity contribution in [3.8, 4) is 11.5 Å². The van der Waals surface area contributed by atoms with Gasteiger partial charge in [0, 0.05) is 42.0 Å². The Morgan fingerprint density at radius 1 is 1.25 bits per heavy atom. The molecule has 0 unspecified atom stereocenters. The van der Waals surface area contributed by atoms with Crippen LogP contribution in [0.5, 0.6) is 11.5 Å². The molecule has 168 valence electrons. The van der Waals surface area contributed by atoms with E-state index >= 15 is 0 Å². The molecule has 0 bridgehead atoms. The van der Waals surface area contributed by atoms with E-state index in [0.29, 0.717) is 36.5 Å². The molecular formula is C24H27N3O5. The Kier molecular flexibility index (Phi) is 5.15. The van der Waals surface area contributed by atoms with Crippen LogP contribution in [-0.2, 0) is 30.5 Å². The molecule has 2 aromatic heterocycles. The van der Waals surface area contributed by atoms with E-state index in [4.69, 9.17) is 13.9 Å². The average Bonchev–Trinajstić information content (AvgIpc) is 3.43. The lowest BCUT2D eigenvalue weighted by molar-refractivity contribution is -0.123. The molecule has 8 nitrogen and oxygen atoms in total. The third kappa shape index (κ3) is 3.85. The van der Waals surface area contributed by atoms with E-state index in [2.05, 4.69) is 15.3 Å². The molecule has 1 amide bonds. The molecule has 5 rings (SSSR count). The van der Waals surface area contributed by atoms with Gasteiger partial charge in [-0.25, -0.2) is 9.78 Å². The number of fused-ring (bicyclic) bond motifs is 5. The minimum atomic E-state index is -0.320. The minimum Gasteiger partial charge on any atom is -0.487 e. The van der Waals surface area contributed by atoms with Crippen molar-refractivity contribution < 1.29 is 18.7 Å². The summed E-state index contributed by atoms with van der Waals surface area (Å²) in [4.78, 5) is 32.0. The van der Waals surface area contributed by atoms with Crippen molar-refractivity contribution in [2.24, 2.45) is 0 Å². The number of aromatic amines is 1. The summed E-state index contributed by atoms with van der Waals surface area (Å²) in [5.41, 5.74) is 3.52. The highest BCUT2D eigenvalue weighted by Gasteiger charge is 2.32. The molecule has 8 heteroatoms. The number of rotatable bonds is 6. The molecular weight excluding hydrogens is 410 g/mol. The van der Waals surface area contributed by atoms with Crippen molar-refractivity contribution in [2.45, 2.75) is 58.0 Å². The minimum absolute atomic E-state index is 0.131. The van der Waals surface area contributed by atoms with Crippen molar-refractivity contribution >= 4 is 16.9 Å². The number of aryl methyl sites for hydroxylation is 2. The molecule has 1 aromatic carbocycles. The molecule has 0 atom stereocenters. The van der Waals surface area contributed by atoms with Crippen LogP contribution in [0.15, 0.2) is 27.8 Å². The first-order valence-corrected chi connectivity index (χ1v) is 11.1. The van der Waals surface area contributed by atoms with E-state index in [1.807, 2.05) is 19.9 Å². The van der Waals surface area contributed by atoms with Crippen molar-refractivity contribution in [3.63, 3.8) is 0 Å². The van der Waals surface area contributed by atoms with Gasteiger partial charge in [-0.2, -0.15) is 0 Å². The second-order valence-electron chi connectivity index (χ2n) is 9.08. The predicted octanol–water partition coefficient (Wildman–Crippen LogP) is 2.85. The lowest BCUT2D eigenvalue weighted by Crippen LogP contribution is -2.33. The van der Waals surface area contributed by atoms with Crippen LogP contribution in [0.25, 0.3) is 11.0 Å². The number of carbonyl (C=O) groups is 1. The Labute approximate surface area is 185 Å². The largest absolute Gasteiger partial charge is 0.487 e. The van der Waals surface area contributed by atoms with Gasteiger partial charge in [0.15, 0.2) is 6.61 Å². The normalized spacial score (nSPS) is 16.3. The zero-order valence-corrected chi connectivity index (χ0v) is 18.4. The van der Waals surface area contributed by atoms with Gasteiger partial charge in [-0.3, -0.25) is 4.79 Å². The maximum absolute atomic E-state index is 12.6. The highest BCUT2D eigenvalue weighted by molar-refractivity contribution is 5.93. The van der Waals surface area contributed by atoms with Crippen LogP contribution in [-0.4, -0.2) is 34.6 Å². The van der Waals surface area contributed by atoms with Gasteiger partial charge < -0.3 is 24.2 Å². The molecule has 0 fully saturated rings. The van der Waals surface area contributed by atoms with E-state index in [-0.39, 0.29) is 23.7 Å². The van der Waals surface area contributed by atoms with Gasteiger partial charge in [0.25, 0.3) is 5.91 Å². The van der Waals surface area contributed by atoms with Gasteiger partial charge in [0.05, 0.1) is 11.7 Å². The van der Waals surface area contributed by atoms with Crippen LogP contribution >= 0.6 is 0 Å². The number of ether oxygens (including phenoxy) is 2. The Morgan fingerprint density at radius 2 is 2.09 bits per heavy atom. The lowest BCUT2D eigenvalue weighted by Gasteiger charge is -2.33. The van der Waals surface area contributed by atoms with Crippen LogP contribution in [0.2, 0.25) is 0 Å². The lowest BCUT2D eigenvalue weighted by atomic mass is 9.91. The first-order valence-electron chi connectivity index (χ1n) is 11.1. The third-order valence-corrected chi connectivity index (χ3v) is 6.26. The quantitative estimate of drug-likeness (QED) is 0.575. The SMILES string of the molecule is CC1(C)CCc2c(cc(OCC(=O)NCCc3cnc[nH]3)c3c4c(c(=O)oc23)CCC4)O1. The second kappa shape index (κ2) is 8.00. The number of nitrogens with one attached hydrogen (secondary N) is 2. The molecule has 0 spiro atoms. The van der Waals surface area contributed by atoms with Crippen LogP contribution in [0.4, 0.5) is 0 Å². The van der Waals surface area contributed by atoms with Gasteiger partial charge in [-0.15, -0.1) is 0 Å². The molecule has 0 radical (unpaired) electrons. The zero-order valence-electron chi connectivity index (χ0n) is 18.4. The molecule has 1 aliphatic heterocycles. The average molecular weight is 437 g/mol. The summed E-state index contributed by atoms with van der Waals surface area (Å²) in [6.07, 6.45) is 8.02. The summed E-state index contributed by atoms with van der Waals surface area (Å²) in [6.45, 7) is 4.42. The van der Waals surface area contributed by atoms with Gasteiger partial charge in [-0.1, -0.05) is 0 Å². The van der Waals surface area contributed by atoms with E-state index in [1.54, 1.807) is 12.5 Å². The van der Waals surface area contributed by atoms with Crippen LogP contribution < -0.4 is 20.4 Å². The molecule has 2 aliphatic rings. The fraction of sp³-hybridized carbons (Fsp3) is 0.458. The topological polar surface area (TPSA) is 106 Å². The fourth-order valence-corrected chi connectivity index (χ4v) is 4.62. The number of H-pyrrole nitrogens is 1. The summed E-state index contributed by atoms with van der Waals surface area (Å²) in [7, 11) is 0. The number of amides is 1. The van der Waals surface area contributed by atoms with Gasteiger partial charge >= 0.3 is 5.63 Å². The second-order valence-corrected chi connectivity index (χ2v) is 9.08. The summed E-state index contributed by atoms with van der Waals surface area (Å²) >= 11 is 0. The third-order valence-electron chi connectivity index (χ3n) is 6.26. The molecule has 1 aliphatic carbocycles. The number of carbonyl (C=O) groups excluding carboxylic acids is 1. The fourth-order valence-electron chi connectivity index (χ4n) is 4.62. The summed E-state index contributed by atoms with van der Waals surface area (Å²) in [6, 6.07) is 1.86. The van der Waals surface area contributed by atoms with E-state index in [9.17, 15) is 9.59 Å². The Morgan fingerprint density at radius 3 is 2.91 bits per heavy atom. The smallest absolute Gasteiger partial charge is 0.339 e. The van der Waals surface area contributed by atoms with Crippen molar-refractivity contribution in [1.82, 2.24) is 15.3 Å². The van der Waals surface area contributed by atoms with E-state index in [1.165, 1.54) is 0 Å². The monoisotopic (exact) mass is 437 g/mol. The summed E-state index contributed by atoms with van der Waals surface area (Å²) < 4.78 is 18.0. The maximum atomic E-state index is 12.6. The number of benzene rings is 1. The molecule has 3 aromatic rings. The molecule has 0 saturated heterocycles. The van der Waals surface area contributed by atoms with Gasteiger partial charge in [-0.05, 0) is 51.5 Å². The van der Waals surface area contributed by atoms with Crippen molar-refractivity contribution in [1.29, 1.82) is 0 Å². The van der Waals surface area contributed by atoms with E-state index in [0.717, 1.165) is 53.5 Å². The highest BCUT2D eigenvalue weighted by Crippen LogP contribution is 2.44. The Balaban J connectivity index is 1.43. The summed E-state index contributed by atoms with van der Waals surface area (Å²) in [5.74, 6) is 0.970. The number of imidazole rings is 1. The molecule has 2 N–H and O–H groups in total. The molecule has 3 heterocycles. The van der Waals surface area contributed by atoms with Crippen molar-refractivity contribution in [3.05, 3.63) is 51.4 Å². The van der Waals surface area contributed by atoms with Crippen LogP contribution in [0.3, 0.4) is 0 Å². The number of aromatic nitrogens is 2. The first-order chi connectivity index (χ1) is 15.4.